The highest BCUT2D eigenvalue weighted by Crippen LogP contribution is 2.20. The molecule has 1 heterocycles. The van der Waals surface area contributed by atoms with Crippen molar-refractivity contribution in [3.63, 3.8) is 0 Å². The van der Waals surface area contributed by atoms with E-state index in [1.807, 2.05) is 49.4 Å². The molecule has 5 heteroatoms. The van der Waals surface area contributed by atoms with Gasteiger partial charge in [0.15, 0.2) is 0 Å². The molecule has 2 amide bonds. The van der Waals surface area contributed by atoms with Gasteiger partial charge in [-0.25, -0.2) is 0 Å². The van der Waals surface area contributed by atoms with Crippen LogP contribution in [0.2, 0.25) is 0 Å². The van der Waals surface area contributed by atoms with E-state index in [1.165, 1.54) is 5.56 Å². The molecule has 1 atom stereocenters. The highest BCUT2D eigenvalue weighted by Gasteiger charge is 2.30. The third kappa shape index (κ3) is 5.67. The van der Waals surface area contributed by atoms with E-state index in [1.54, 1.807) is 0 Å². The Morgan fingerprint density at radius 3 is 2.64 bits per heavy atom. The lowest BCUT2D eigenvalue weighted by Gasteiger charge is -2.23. The maximum Gasteiger partial charge on any atom is 0.237 e. The molecule has 3 rings (SSSR count). The molecule has 1 aliphatic rings. The van der Waals surface area contributed by atoms with Gasteiger partial charge in [0.1, 0.15) is 0 Å². The van der Waals surface area contributed by atoms with Crippen molar-refractivity contribution in [3.05, 3.63) is 65.7 Å². The zero-order valence-electron chi connectivity index (χ0n) is 16.5. The van der Waals surface area contributed by atoms with Gasteiger partial charge in [0.2, 0.25) is 11.8 Å². The van der Waals surface area contributed by atoms with Gasteiger partial charge in [-0.2, -0.15) is 0 Å². The first-order valence-corrected chi connectivity index (χ1v) is 10.1. The van der Waals surface area contributed by atoms with Gasteiger partial charge in [-0.1, -0.05) is 49.4 Å². The third-order valence-electron chi connectivity index (χ3n) is 5.05. The molecule has 28 heavy (non-hydrogen) atoms. The van der Waals surface area contributed by atoms with Crippen molar-refractivity contribution in [1.29, 1.82) is 0 Å². The molecule has 2 aromatic carbocycles. The lowest BCUT2D eigenvalue weighted by Crippen LogP contribution is -2.42. The van der Waals surface area contributed by atoms with Crippen molar-refractivity contribution in [2.45, 2.75) is 51.7 Å². The second kappa shape index (κ2) is 10.0. The number of rotatable bonds is 8. The molecule has 1 fully saturated rings. The molecule has 1 saturated heterocycles. The maximum atomic E-state index is 12.7. The standard InChI is InChI=1S/C23H29N3O2/c1-2-8-22(27)25-20-12-6-11-19(15-20)16-24-23(28)21-13-7-14-26(21)17-18-9-4-3-5-10-18/h3-6,9-12,15,21H,2,7-8,13-14,16-17H2,1H3,(H,24,28)(H,25,27). The van der Waals surface area contributed by atoms with E-state index in [4.69, 9.17) is 0 Å². The Bertz CT molecular complexity index is 791. The number of anilines is 1. The van der Waals surface area contributed by atoms with Gasteiger partial charge in [0, 0.05) is 25.2 Å². The predicted octanol–water partition coefficient (Wildman–Crippen LogP) is 3.71. The molecule has 2 N–H and O–H groups in total. The fraction of sp³-hybridized carbons (Fsp3) is 0.391. The van der Waals surface area contributed by atoms with Crippen molar-refractivity contribution in [2.24, 2.45) is 0 Å². The van der Waals surface area contributed by atoms with Crippen LogP contribution in [0.5, 0.6) is 0 Å². The Kier molecular flexibility index (Phi) is 7.20. The molecule has 2 aromatic rings. The largest absolute Gasteiger partial charge is 0.351 e. The van der Waals surface area contributed by atoms with E-state index >= 15 is 0 Å². The van der Waals surface area contributed by atoms with Crippen molar-refractivity contribution in [3.8, 4) is 0 Å². The van der Waals surface area contributed by atoms with Gasteiger partial charge in [0.05, 0.1) is 6.04 Å². The minimum atomic E-state index is -0.0763. The van der Waals surface area contributed by atoms with Gasteiger partial charge in [-0.3, -0.25) is 14.5 Å². The molecular weight excluding hydrogens is 350 g/mol. The number of carbonyl (C=O) groups excluding carboxylic acids is 2. The Labute approximate surface area is 167 Å². The second-order valence-corrected chi connectivity index (χ2v) is 7.33. The van der Waals surface area contributed by atoms with Crippen molar-refractivity contribution in [1.82, 2.24) is 10.2 Å². The van der Waals surface area contributed by atoms with Gasteiger partial charge in [-0.15, -0.1) is 0 Å². The highest BCUT2D eigenvalue weighted by molar-refractivity contribution is 5.90. The zero-order valence-corrected chi connectivity index (χ0v) is 16.5. The van der Waals surface area contributed by atoms with Crippen LogP contribution < -0.4 is 10.6 Å². The molecule has 0 aromatic heterocycles. The van der Waals surface area contributed by atoms with Gasteiger partial charge < -0.3 is 10.6 Å². The summed E-state index contributed by atoms with van der Waals surface area (Å²) in [7, 11) is 0. The molecule has 0 aliphatic carbocycles. The van der Waals surface area contributed by atoms with Crippen molar-refractivity contribution >= 4 is 17.5 Å². The summed E-state index contributed by atoms with van der Waals surface area (Å²) in [6.07, 6.45) is 3.28. The lowest BCUT2D eigenvalue weighted by molar-refractivity contribution is -0.125. The fourth-order valence-electron chi connectivity index (χ4n) is 3.65. The molecule has 1 unspecified atom stereocenters. The van der Waals surface area contributed by atoms with Crippen LogP contribution in [-0.2, 0) is 22.7 Å². The third-order valence-corrected chi connectivity index (χ3v) is 5.05. The van der Waals surface area contributed by atoms with Gasteiger partial charge in [0.25, 0.3) is 0 Å². The average Bonchev–Trinajstić information content (AvgIpc) is 3.15. The Morgan fingerprint density at radius 2 is 1.86 bits per heavy atom. The van der Waals surface area contributed by atoms with Crippen LogP contribution >= 0.6 is 0 Å². The Morgan fingerprint density at radius 1 is 1.07 bits per heavy atom. The average molecular weight is 380 g/mol. The van der Waals surface area contributed by atoms with Crippen LogP contribution in [0.1, 0.15) is 43.7 Å². The number of carbonyl (C=O) groups is 2. The van der Waals surface area contributed by atoms with E-state index in [0.29, 0.717) is 13.0 Å². The molecule has 5 nitrogen and oxygen atoms in total. The number of benzene rings is 2. The Hall–Kier alpha value is -2.66. The quantitative estimate of drug-likeness (QED) is 0.735. The SMILES string of the molecule is CCCC(=O)Nc1cccc(CNC(=O)C2CCCN2Cc2ccccc2)c1. The molecule has 1 aliphatic heterocycles. The Balaban J connectivity index is 1.54. The van der Waals surface area contributed by atoms with E-state index in [-0.39, 0.29) is 17.9 Å². The first-order chi connectivity index (χ1) is 13.7. The lowest BCUT2D eigenvalue weighted by atomic mass is 10.1. The summed E-state index contributed by atoms with van der Waals surface area (Å²) in [4.78, 5) is 26.8. The minimum Gasteiger partial charge on any atom is -0.351 e. The molecule has 0 radical (unpaired) electrons. The van der Waals surface area contributed by atoms with Crippen molar-refractivity contribution < 1.29 is 9.59 Å². The first kappa shape index (κ1) is 20.1. The molecule has 0 spiro atoms. The summed E-state index contributed by atoms with van der Waals surface area (Å²) in [6.45, 7) is 4.20. The minimum absolute atomic E-state index is 0.0196. The van der Waals surface area contributed by atoms with Crippen LogP contribution in [0, 0.1) is 0 Å². The summed E-state index contributed by atoms with van der Waals surface area (Å²) in [6, 6.07) is 17.9. The van der Waals surface area contributed by atoms with Crippen LogP contribution in [0.3, 0.4) is 0 Å². The van der Waals surface area contributed by atoms with Gasteiger partial charge >= 0.3 is 0 Å². The number of amides is 2. The van der Waals surface area contributed by atoms with E-state index in [0.717, 1.165) is 43.6 Å². The highest BCUT2D eigenvalue weighted by atomic mass is 16.2. The first-order valence-electron chi connectivity index (χ1n) is 10.1. The normalized spacial score (nSPS) is 16.7. The van der Waals surface area contributed by atoms with E-state index in [2.05, 4.69) is 27.7 Å². The number of hydrogen-bond donors (Lipinski definition) is 2. The molecule has 148 valence electrons. The number of nitrogens with one attached hydrogen (secondary N) is 2. The van der Waals surface area contributed by atoms with Crippen LogP contribution in [0.15, 0.2) is 54.6 Å². The summed E-state index contributed by atoms with van der Waals surface area (Å²) in [5.41, 5.74) is 2.99. The number of hydrogen-bond acceptors (Lipinski definition) is 3. The van der Waals surface area contributed by atoms with Crippen molar-refractivity contribution in [2.75, 3.05) is 11.9 Å². The van der Waals surface area contributed by atoms with Crippen LogP contribution in [0.25, 0.3) is 0 Å². The summed E-state index contributed by atoms with van der Waals surface area (Å²) >= 11 is 0. The monoisotopic (exact) mass is 379 g/mol. The molecular formula is C23H29N3O2. The summed E-state index contributed by atoms with van der Waals surface area (Å²) in [5.74, 6) is 0.0973. The van der Waals surface area contributed by atoms with Crippen LogP contribution in [-0.4, -0.2) is 29.3 Å². The van der Waals surface area contributed by atoms with E-state index < -0.39 is 0 Å². The summed E-state index contributed by atoms with van der Waals surface area (Å²) in [5, 5.41) is 5.97. The second-order valence-electron chi connectivity index (χ2n) is 7.33. The number of likely N-dealkylation sites (tertiary alicyclic amines) is 1. The maximum absolute atomic E-state index is 12.7. The van der Waals surface area contributed by atoms with Crippen LogP contribution in [0.4, 0.5) is 5.69 Å². The summed E-state index contributed by atoms with van der Waals surface area (Å²) < 4.78 is 0. The molecule has 0 saturated carbocycles. The zero-order chi connectivity index (χ0) is 19.8. The molecule has 0 bridgehead atoms. The topological polar surface area (TPSA) is 61.4 Å². The fourth-order valence-corrected chi connectivity index (χ4v) is 3.65. The predicted molar refractivity (Wildman–Crippen MR) is 112 cm³/mol. The number of nitrogens with zero attached hydrogens (tertiary/aromatic N) is 1. The smallest absolute Gasteiger partial charge is 0.237 e. The van der Waals surface area contributed by atoms with E-state index in [9.17, 15) is 9.59 Å². The van der Waals surface area contributed by atoms with Gasteiger partial charge in [-0.05, 0) is 49.1 Å².